The number of rotatable bonds is 9. The first-order valence-corrected chi connectivity index (χ1v) is 12.9. The van der Waals surface area contributed by atoms with E-state index in [1.807, 2.05) is 18.2 Å². The fourth-order valence-electron chi connectivity index (χ4n) is 4.44. The van der Waals surface area contributed by atoms with Gasteiger partial charge < -0.3 is 25.3 Å². The number of nitrogens with one attached hydrogen (secondary N) is 3. The van der Waals surface area contributed by atoms with Gasteiger partial charge in [-0.2, -0.15) is 8.78 Å². The van der Waals surface area contributed by atoms with E-state index in [2.05, 4.69) is 30.3 Å². The molecule has 2 atom stereocenters. The minimum atomic E-state index is -3.04. The van der Waals surface area contributed by atoms with Crippen LogP contribution in [-0.4, -0.2) is 69.4 Å². The largest absolute Gasteiger partial charge is 0.357 e. The molecule has 10 nitrogen and oxygen atoms in total. The Morgan fingerprint density at radius 2 is 2.03 bits per heavy atom. The predicted molar refractivity (Wildman–Crippen MR) is 139 cm³/mol. The molecule has 0 spiro atoms. The van der Waals surface area contributed by atoms with Crippen LogP contribution in [0.1, 0.15) is 21.8 Å². The van der Waals surface area contributed by atoms with Crippen molar-refractivity contribution >= 4 is 40.0 Å². The van der Waals surface area contributed by atoms with Crippen molar-refractivity contribution in [3.8, 4) is 10.6 Å². The van der Waals surface area contributed by atoms with E-state index in [9.17, 15) is 23.2 Å². The molecule has 1 aliphatic rings. The van der Waals surface area contributed by atoms with Gasteiger partial charge in [0.1, 0.15) is 6.04 Å². The van der Waals surface area contributed by atoms with Crippen LogP contribution in [0.4, 0.5) is 8.78 Å². The summed E-state index contributed by atoms with van der Waals surface area (Å²) in [5, 5.41) is 6.18. The molecule has 202 valence electrons. The van der Waals surface area contributed by atoms with E-state index in [4.69, 9.17) is 0 Å². The summed E-state index contributed by atoms with van der Waals surface area (Å²) in [6, 6.07) is 11.5. The molecule has 4 aromatic heterocycles. The quantitative estimate of drug-likeness (QED) is 0.292. The first kappa shape index (κ1) is 26.4. The summed E-state index contributed by atoms with van der Waals surface area (Å²) in [6.07, 6.45) is 3.87. The third kappa shape index (κ3) is 6.26. The fourth-order valence-corrected chi connectivity index (χ4v) is 5.34. The Morgan fingerprint density at radius 1 is 1.15 bits per heavy atom. The average molecular weight is 555 g/mol. The summed E-state index contributed by atoms with van der Waals surface area (Å²) in [5.74, 6) is -1.56. The van der Waals surface area contributed by atoms with Gasteiger partial charge in [0.15, 0.2) is 0 Å². The van der Waals surface area contributed by atoms with Gasteiger partial charge in [0.2, 0.25) is 11.8 Å². The second kappa shape index (κ2) is 11.7. The number of hydrogen-bond donors (Lipinski definition) is 3. The molecule has 0 saturated carbocycles. The van der Waals surface area contributed by atoms with Crippen molar-refractivity contribution in [2.75, 3.05) is 13.1 Å². The number of carbonyl (C=O) groups is 3. The van der Waals surface area contributed by atoms with E-state index in [-0.39, 0.29) is 19.5 Å². The van der Waals surface area contributed by atoms with Gasteiger partial charge in [-0.05, 0) is 36.4 Å². The summed E-state index contributed by atoms with van der Waals surface area (Å²) in [5.41, 5.74) is 2.29. The molecule has 13 heteroatoms. The third-order valence-corrected chi connectivity index (χ3v) is 7.36. The van der Waals surface area contributed by atoms with Gasteiger partial charge >= 0.3 is 6.61 Å². The van der Waals surface area contributed by atoms with Crippen molar-refractivity contribution in [3.63, 3.8) is 0 Å². The summed E-state index contributed by atoms with van der Waals surface area (Å²) in [4.78, 5) is 52.5. The number of thiophene rings is 1. The summed E-state index contributed by atoms with van der Waals surface area (Å²) >= 11 is 1.22. The van der Waals surface area contributed by atoms with Gasteiger partial charge in [-0.3, -0.25) is 24.4 Å². The van der Waals surface area contributed by atoms with Gasteiger partial charge in [-0.25, -0.2) is 0 Å². The zero-order valence-corrected chi connectivity index (χ0v) is 21.3. The number of pyridine rings is 2. The molecule has 3 N–H and O–H groups in total. The second-order valence-electron chi connectivity index (χ2n) is 8.85. The molecule has 39 heavy (non-hydrogen) atoms. The second-order valence-corrected chi connectivity index (χ2v) is 9.94. The van der Waals surface area contributed by atoms with Gasteiger partial charge in [0, 0.05) is 48.2 Å². The molecule has 0 aliphatic carbocycles. The first-order chi connectivity index (χ1) is 18.9. The monoisotopic (exact) mass is 554 g/mol. The molecule has 4 aromatic rings. The topological polar surface area (TPSA) is 129 Å². The number of fused-ring (bicyclic) bond motifs is 1. The van der Waals surface area contributed by atoms with Crippen LogP contribution in [0.2, 0.25) is 0 Å². The number of ether oxygens (including phenoxy) is 1. The molecule has 5 rings (SSSR count). The normalized spacial score (nSPS) is 17.1. The minimum Gasteiger partial charge on any atom is -0.357 e. The van der Waals surface area contributed by atoms with Crippen molar-refractivity contribution in [2.24, 2.45) is 0 Å². The van der Waals surface area contributed by atoms with Gasteiger partial charge in [0.05, 0.1) is 34.6 Å². The lowest BCUT2D eigenvalue weighted by Gasteiger charge is -2.23. The number of aromatic amines is 1. The van der Waals surface area contributed by atoms with Crippen molar-refractivity contribution in [1.29, 1.82) is 0 Å². The summed E-state index contributed by atoms with van der Waals surface area (Å²) < 4.78 is 30.4. The van der Waals surface area contributed by atoms with Crippen LogP contribution in [0.5, 0.6) is 0 Å². The highest BCUT2D eigenvalue weighted by molar-refractivity contribution is 7.17. The number of H-pyrrole nitrogens is 1. The number of amides is 3. The number of alkyl halides is 2. The highest BCUT2D eigenvalue weighted by atomic mass is 32.1. The number of halogens is 2. The Bertz CT molecular complexity index is 1440. The van der Waals surface area contributed by atoms with Crippen molar-refractivity contribution < 1.29 is 27.9 Å². The minimum absolute atomic E-state index is 0.0924. The highest BCUT2D eigenvalue weighted by Gasteiger charge is 2.41. The molecule has 5 heterocycles. The SMILES string of the molecule is O=C(NCC(=O)N1C[C@H](OC(F)F)C[C@H]1C(=O)NCc1cc2cnccc2[nH]1)c1ccc(-c2ccccn2)s1. The molecule has 1 aliphatic heterocycles. The smallest absolute Gasteiger partial charge is 0.345 e. The van der Waals surface area contributed by atoms with Crippen molar-refractivity contribution in [2.45, 2.75) is 31.7 Å². The van der Waals surface area contributed by atoms with Crippen LogP contribution in [0.3, 0.4) is 0 Å². The Hall–Kier alpha value is -4.23. The van der Waals surface area contributed by atoms with Crippen molar-refractivity contribution in [3.05, 3.63) is 71.6 Å². The lowest BCUT2D eigenvalue weighted by molar-refractivity contribution is -0.160. The van der Waals surface area contributed by atoms with Crippen LogP contribution in [0.25, 0.3) is 21.5 Å². The van der Waals surface area contributed by atoms with Crippen LogP contribution in [0.15, 0.2) is 61.1 Å². The fraction of sp³-hybridized carbons (Fsp3) is 0.269. The molecule has 3 amide bonds. The first-order valence-electron chi connectivity index (χ1n) is 12.1. The molecule has 0 radical (unpaired) electrons. The Kier molecular flexibility index (Phi) is 7.89. The van der Waals surface area contributed by atoms with Crippen LogP contribution in [-0.2, 0) is 20.9 Å². The third-order valence-electron chi connectivity index (χ3n) is 6.26. The average Bonchev–Trinajstić information content (AvgIpc) is 3.68. The Morgan fingerprint density at radius 3 is 2.79 bits per heavy atom. The van der Waals surface area contributed by atoms with E-state index in [1.54, 1.807) is 42.9 Å². The maximum atomic E-state index is 13.0. The van der Waals surface area contributed by atoms with Crippen LogP contribution < -0.4 is 10.6 Å². The predicted octanol–water partition coefficient (Wildman–Crippen LogP) is 2.94. The van der Waals surface area contributed by atoms with Crippen LogP contribution in [0, 0.1) is 0 Å². The van der Waals surface area contributed by atoms with E-state index in [0.717, 1.165) is 27.2 Å². The standard InChI is InChI=1S/C26H24F2N6O4S/c27-26(28)38-17-10-20(24(36)31-12-16-9-15-11-29-8-6-18(15)33-16)34(14-17)23(35)13-32-25(37)22-5-4-21(39-22)19-3-1-2-7-30-19/h1-9,11,17,20,26,33H,10,12-14H2,(H,31,36)(H,32,37)/t17-,20+/m1/s1. The number of carbonyl (C=O) groups excluding carboxylic acids is 3. The van der Waals surface area contributed by atoms with Gasteiger partial charge in [-0.15, -0.1) is 11.3 Å². The maximum Gasteiger partial charge on any atom is 0.345 e. The van der Waals surface area contributed by atoms with Gasteiger partial charge in [0.25, 0.3) is 5.91 Å². The van der Waals surface area contributed by atoms with E-state index in [1.165, 1.54) is 16.2 Å². The van der Waals surface area contributed by atoms with E-state index >= 15 is 0 Å². The summed E-state index contributed by atoms with van der Waals surface area (Å²) in [6.45, 7) is -3.51. The molecule has 0 unspecified atom stereocenters. The molecular formula is C26H24F2N6O4S. The molecule has 0 bridgehead atoms. The lowest BCUT2D eigenvalue weighted by atomic mass is 10.2. The maximum absolute atomic E-state index is 13.0. The van der Waals surface area contributed by atoms with Crippen molar-refractivity contribution in [1.82, 2.24) is 30.5 Å². The molecule has 0 aromatic carbocycles. The molecule has 1 saturated heterocycles. The molecule has 1 fully saturated rings. The zero-order chi connectivity index (χ0) is 27.4. The number of likely N-dealkylation sites (tertiary alicyclic amines) is 1. The number of nitrogens with zero attached hydrogens (tertiary/aromatic N) is 3. The van der Waals surface area contributed by atoms with Crippen LogP contribution >= 0.6 is 11.3 Å². The van der Waals surface area contributed by atoms with E-state index < -0.39 is 43.0 Å². The number of hydrogen-bond acceptors (Lipinski definition) is 7. The lowest BCUT2D eigenvalue weighted by Crippen LogP contribution is -2.48. The van der Waals surface area contributed by atoms with Gasteiger partial charge in [-0.1, -0.05) is 6.07 Å². The number of aromatic nitrogens is 3. The zero-order valence-electron chi connectivity index (χ0n) is 20.5. The highest BCUT2D eigenvalue weighted by Crippen LogP contribution is 2.26. The Labute approximate surface area is 225 Å². The Balaban J connectivity index is 1.21. The summed E-state index contributed by atoms with van der Waals surface area (Å²) in [7, 11) is 0. The molecular weight excluding hydrogens is 530 g/mol. The van der Waals surface area contributed by atoms with E-state index in [0.29, 0.717) is 4.88 Å².